The Morgan fingerprint density at radius 2 is 1.84 bits per heavy atom. The number of nitrogen functional groups attached to an aromatic ring is 1. The van der Waals surface area contributed by atoms with Crippen molar-refractivity contribution >= 4 is 27.4 Å². The lowest BCUT2D eigenvalue weighted by molar-refractivity contribution is 0.477. The van der Waals surface area contributed by atoms with Gasteiger partial charge in [0.1, 0.15) is 21.9 Å². The lowest BCUT2D eigenvalue weighted by atomic mass is 10.2. The Kier molecular flexibility index (Phi) is 3.85. The van der Waals surface area contributed by atoms with Crippen LogP contribution in [0.3, 0.4) is 0 Å². The van der Waals surface area contributed by atoms with Gasteiger partial charge in [-0.3, -0.25) is 4.40 Å². The van der Waals surface area contributed by atoms with E-state index in [1.165, 1.54) is 6.07 Å². The van der Waals surface area contributed by atoms with E-state index in [0.29, 0.717) is 33.0 Å². The molecule has 0 saturated heterocycles. The average Bonchev–Trinajstić information content (AvgIpc) is 2.94. The van der Waals surface area contributed by atoms with Crippen LogP contribution in [0.25, 0.3) is 16.9 Å². The second-order valence-electron chi connectivity index (χ2n) is 5.31. The van der Waals surface area contributed by atoms with E-state index >= 15 is 0 Å². The zero-order valence-electron chi connectivity index (χ0n) is 12.9. The number of hydrogen-bond acceptors (Lipinski definition) is 4. The average molecular weight is 399 g/mol. The van der Waals surface area contributed by atoms with Gasteiger partial charge >= 0.3 is 0 Å². The summed E-state index contributed by atoms with van der Waals surface area (Å²) in [5, 5.41) is 0. The molecule has 0 aliphatic carbocycles. The molecular weight excluding hydrogens is 387 g/mol. The van der Waals surface area contributed by atoms with Crippen molar-refractivity contribution in [1.29, 1.82) is 0 Å². The number of anilines is 1. The van der Waals surface area contributed by atoms with Crippen LogP contribution in [0.4, 0.5) is 10.3 Å². The Labute approximate surface area is 151 Å². The van der Waals surface area contributed by atoms with E-state index in [0.717, 1.165) is 0 Å². The number of nitrogens with zero attached hydrogens (tertiary/aromatic N) is 3. The second kappa shape index (κ2) is 6.18. The maximum absolute atomic E-state index is 14.7. The summed E-state index contributed by atoms with van der Waals surface area (Å²) in [6.45, 7) is 0. The third-order valence-corrected chi connectivity index (χ3v) is 4.28. The van der Waals surface area contributed by atoms with Gasteiger partial charge in [-0.2, -0.15) is 0 Å². The first-order chi connectivity index (χ1) is 12.1. The van der Waals surface area contributed by atoms with E-state index in [2.05, 4.69) is 25.9 Å². The Morgan fingerprint density at radius 1 is 1.04 bits per heavy atom. The highest BCUT2D eigenvalue weighted by Crippen LogP contribution is 2.32. The van der Waals surface area contributed by atoms with Gasteiger partial charge in [0.15, 0.2) is 5.82 Å². The minimum absolute atomic E-state index is 0.231. The SMILES string of the molecule is Nc1nccc2c(Br)nc(-c3ccc(Oc4ccccc4)cc3F)n12. The van der Waals surface area contributed by atoms with Gasteiger partial charge in [0.2, 0.25) is 5.95 Å². The molecule has 25 heavy (non-hydrogen) atoms. The summed E-state index contributed by atoms with van der Waals surface area (Å²) in [5.74, 6) is 1.18. The number of imidazole rings is 1. The number of rotatable bonds is 3. The number of benzene rings is 2. The van der Waals surface area contributed by atoms with Crippen molar-refractivity contribution in [1.82, 2.24) is 14.4 Å². The Morgan fingerprint density at radius 3 is 2.60 bits per heavy atom. The molecule has 0 unspecified atom stereocenters. The van der Waals surface area contributed by atoms with Crippen LogP contribution in [0.15, 0.2) is 65.4 Å². The molecule has 2 aromatic carbocycles. The van der Waals surface area contributed by atoms with Crippen molar-refractivity contribution < 1.29 is 9.13 Å². The van der Waals surface area contributed by atoms with Gasteiger partial charge in [-0.1, -0.05) is 18.2 Å². The Bertz CT molecular complexity index is 1070. The Balaban J connectivity index is 1.77. The van der Waals surface area contributed by atoms with Gasteiger partial charge in [0, 0.05) is 12.3 Å². The number of fused-ring (bicyclic) bond motifs is 1. The predicted molar refractivity (Wildman–Crippen MR) is 97.0 cm³/mol. The lowest BCUT2D eigenvalue weighted by Gasteiger charge is -2.08. The molecule has 4 rings (SSSR count). The van der Waals surface area contributed by atoms with Crippen LogP contribution in [0.2, 0.25) is 0 Å². The molecule has 2 N–H and O–H groups in total. The third-order valence-electron chi connectivity index (χ3n) is 3.70. The molecule has 0 saturated carbocycles. The first kappa shape index (κ1) is 15.6. The number of para-hydroxylation sites is 1. The lowest BCUT2D eigenvalue weighted by Crippen LogP contribution is -2.02. The van der Waals surface area contributed by atoms with Crippen molar-refractivity contribution in [2.24, 2.45) is 0 Å². The monoisotopic (exact) mass is 398 g/mol. The smallest absolute Gasteiger partial charge is 0.206 e. The molecule has 5 nitrogen and oxygen atoms in total. The third kappa shape index (κ3) is 2.83. The van der Waals surface area contributed by atoms with Crippen molar-refractivity contribution in [2.45, 2.75) is 0 Å². The van der Waals surface area contributed by atoms with Crippen molar-refractivity contribution in [3.63, 3.8) is 0 Å². The van der Waals surface area contributed by atoms with Gasteiger partial charge in [-0.05, 0) is 46.3 Å². The van der Waals surface area contributed by atoms with Crippen molar-refractivity contribution in [3.05, 3.63) is 71.2 Å². The highest BCUT2D eigenvalue weighted by Gasteiger charge is 2.17. The fraction of sp³-hybridized carbons (Fsp3) is 0. The van der Waals surface area contributed by atoms with E-state index < -0.39 is 5.82 Å². The molecule has 0 spiro atoms. The molecule has 0 aliphatic rings. The summed E-state index contributed by atoms with van der Waals surface area (Å²) in [7, 11) is 0. The molecule has 0 bridgehead atoms. The van der Waals surface area contributed by atoms with Crippen LogP contribution < -0.4 is 10.5 Å². The molecule has 7 heteroatoms. The van der Waals surface area contributed by atoms with Gasteiger partial charge < -0.3 is 10.5 Å². The maximum atomic E-state index is 14.7. The highest BCUT2D eigenvalue weighted by atomic mass is 79.9. The van der Waals surface area contributed by atoms with E-state index in [9.17, 15) is 4.39 Å². The van der Waals surface area contributed by atoms with Gasteiger partial charge in [0.25, 0.3) is 0 Å². The summed E-state index contributed by atoms with van der Waals surface area (Å²) in [6, 6.07) is 15.6. The number of ether oxygens (including phenoxy) is 1. The van der Waals surface area contributed by atoms with E-state index in [1.807, 2.05) is 18.2 Å². The van der Waals surface area contributed by atoms with Crippen LogP contribution in [-0.2, 0) is 0 Å². The molecule has 124 valence electrons. The molecule has 0 fully saturated rings. The zero-order chi connectivity index (χ0) is 17.4. The van der Waals surface area contributed by atoms with Crippen LogP contribution in [-0.4, -0.2) is 14.4 Å². The van der Waals surface area contributed by atoms with Crippen molar-refractivity contribution in [3.8, 4) is 22.9 Å². The summed E-state index contributed by atoms with van der Waals surface area (Å²) in [5.41, 5.74) is 6.95. The molecule has 0 radical (unpaired) electrons. The topological polar surface area (TPSA) is 65.4 Å². The first-order valence-corrected chi connectivity index (χ1v) is 8.24. The molecule has 2 heterocycles. The van der Waals surface area contributed by atoms with Gasteiger partial charge in [-0.25, -0.2) is 14.4 Å². The van der Waals surface area contributed by atoms with Crippen LogP contribution >= 0.6 is 15.9 Å². The maximum Gasteiger partial charge on any atom is 0.206 e. The first-order valence-electron chi connectivity index (χ1n) is 7.45. The minimum atomic E-state index is -0.462. The number of nitrogens with two attached hydrogens (primary N) is 1. The minimum Gasteiger partial charge on any atom is -0.457 e. The molecule has 0 aliphatic heterocycles. The number of halogens is 2. The molecule has 0 amide bonds. The summed E-state index contributed by atoms with van der Waals surface area (Å²) in [6.07, 6.45) is 1.58. The van der Waals surface area contributed by atoms with Crippen LogP contribution in [0.1, 0.15) is 0 Å². The normalized spacial score (nSPS) is 11.0. The Hall–Kier alpha value is -2.93. The fourth-order valence-electron chi connectivity index (χ4n) is 2.57. The summed E-state index contributed by atoms with van der Waals surface area (Å²) in [4.78, 5) is 8.42. The van der Waals surface area contributed by atoms with Crippen LogP contribution in [0, 0.1) is 5.82 Å². The fourth-order valence-corrected chi connectivity index (χ4v) is 3.05. The molecule has 0 atom stereocenters. The van der Waals surface area contributed by atoms with E-state index in [-0.39, 0.29) is 5.95 Å². The van der Waals surface area contributed by atoms with E-state index in [4.69, 9.17) is 10.5 Å². The highest BCUT2D eigenvalue weighted by molar-refractivity contribution is 9.10. The van der Waals surface area contributed by atoms with Gasteiger partial charge in [0.05, 0.1) is 11.1 Å². The zero-order valence-corrected chi connectivity index (χ0v) is 14.4. The quantitative estimate of drug-likeness (QED) is 0.544. The standard InChI is InChI=1S/C18H12BrFN4O/c19-16-15-8-9-22-18(21)24(15)17(23-16)13-7-6-12(10-14(13)20)25-11-4-2-1-3-5-11/h1-10H,(H2,21,22). The molecule has 2 aromatic heterocycles. The number of aromatic nitrogens is 3. The molecule has 4 aromatic rings. The van der Waals surface area contributed by atoms with Gasteiger partial charge in [-0.15, -0.1) is 0 Å². The predicted octanol–water partition coefficient (Wildman–Crippen LogP) is 4.67. The summed E-state index contributed by atoms with van der Waals surface area (Å²) < 4.78 is 22.5. The largest absolute Gasteiger partial charge is 0.457 e. The summed E-state index contributed by atoms with van der Waals surface area (Å²) >= 11 is 3.37. The van der Waals surface area contributed by atoms with Crippen LogP contribution in [0.5, 0.6) is 11.5 Å². The molecular formula is C18H12BrFN4O. The van der Waals surface area contributed by atoms with E-state index in [1.54, 1.807) is 40.9 Å². The van der Waals surface area contributed by atoms with Crippen molar-refractivity contribution in [2.75, 3.05) is 5.73 Å². The second-order valence-corrected chi connectivity index (χ2v) is 6.06. The number of hydrogen-bond donors (Lipinski definition) is 1.